The zero-order valence-corrected chi connectivity index (χ0v) is 12.1. The number of likely N-dealkylation sites (tertiary alicyclic amines) is 1. The number of nitrogens with two attached hydrogens (primary N) is 1. The summed E-state index contributed by atoms with van der Waals surface area (Å²) in [5.41, 5.74) is 5.64. The minimum atomic E-state index is 0.683. The van der Waals surface area contributed by atoms with Crippen LogP contribution in [0, 0.1) is 5.92 Å². The minimum absolute atomic E-state index is 0.683. The van der Waals surface area contributed by atoms with Crippen LogP contribution in [0.2, 0.25) is 5.02 Å². The summed E-state index contributed by atoms with van der Waals surface area (Å²) in [7, 11) is 0. The highest BCUT2D eigenvalue weighted by molar-refractivity contribution is 6.32. The van der Waals surface area contributed by atoms with Gasteiger partial charge in [0.25, 0.3) is 0 Å². The molecule has 2 N–H and O–H groups in total. The lowest BCUT2D eigenvalue weighted by atomic mass is 9.95. The van der Waals surface area contributed by atoms with Crippen molar-refractivity contribution in [2.75, 3.05) is 32.8 Å². The number of ether oxygens (including phenoxy) is 1. The molecule has 1 aromatic rings. The highest BCUT2D eigenvalue weighted by Gasteiger charge is 2.18. The summed E-state index contributed by atoms with van der Waals surface area (Å²) in [4.78, 5) is 2.47. The first-order chi connectivity index (χ1) is 9.29. The van der Waals surface area contributed by atoms with Crippen LogP contribution >= 0.6 is 11.6 Å². The first kappa shape index (κ1) is 14.6. The Morgan fingerprint density at radius 2 is 2.21 bits per heavy atom. The van der Waals surface area contributed by atoms with Gasteiger partial charge in [0.2, 0.25) is 0 Å². The predicted molar refractivity (Wildman–Crippen MR) is 79.8 cm³/mol. The Morgan fingerprint density at radius 1 is 1.37 bits per heavy atom. The van der Waals surface area contributed by atoms with Gasteiger partial charge in [-0.3, -0.25) is 4.90 Å². The van der Waals surface area contributed by atoms with Crippen molar-refractivity contribution >= 4 is 11.6 Å². The molecule has 106 valence electrons. The van der Waals surface area contributed by atoms with Crippen molar-refractivity contribution in [2.45, 2.75) is 19.3 Å². The van der Waals surface area contributed by atoms with E-state index in [4.69, 9.17) is 22.1 Å². The molecule has 0 bridgehead atoms. The molecular formula is C15H23ClN2O. The van der Waals surface area contributed by atoms with E-state index in [1.165, 1.54) is 19.4 Å². The van der Waals surface area contributed by atoms with Crippen LogP contribution in [0.5, 0.6) is 5.75 Å². The molecule has 1 aliphatic heterocycles. The molecule has 0 amide bonds. The Morgan fingerprint density at radius 3 is 3.00 bits per heavy atom. The van der Waals surface area contributed by atoms with Gasteiger partial charge in [-0.05, 0) is 50.4 Å². The van der Waals surface area contributed by atoms with E-state index in [1.54, 1.807) is 0 Å². The molecule has 1 atom stereocenters. The lowest BCUT2D eigenvalue weighted by Gasteiger charge is -2.32. The second-order valence-corrected chi connectivity index (χ2v) is 5.57. The smallest absolute Gasteiger partial charge is 0.137 e. The maximum absolute atomic E-state index is 6.06. The number of piperidine rings is 1. The topological polar surface area (TPSA) is 38.5 Å². The third kappa shape index (κ3) is 4.68. The molecule has 1 fully saturated rings. The minimum Gasteiger partial charge on any atom is -0.491 e. The van der Waals surface area contributed by atoms with E-state index in [1.807, 2.05) is 24.3 Å². The van der Waals surface area contributed by atoms with Crippen molar-refractivity contribution in [3.63, 3.8) is 0 Å². The first-order valence-electron chi connectivity index (χ1n) is 7.09. The van der Waals surface area contributed by atoms with Gasteiger partial charge in [0.1, 0.15) is 12.4 Å². The van der Waals surface area contributed by atoms with Gasteiger partial charge in [0.15, 0.2) is 0 Å². The summed E-state index contributed by atoms with van der Waals surface area (Å²) in [6.07, 6.45) is 3.73. The average molecular weight is 283 g/mol. The molecule has 1 aromatic carbocycles. The van der Waals surface area contributed by atoms with Gasteiger partial charge in [0.05, 0.1) is 5.02 Å². The fraction of sp³-hybridized carbons (Fsp3) is 0.600. The maximum Gasteiger partial charge on any atom is 0.137 e. The summed E-state index contributed by atoms with van der Waals surface area (Å²) in [5.74, 6) is 1.54. The molecule has 19 heavy (non-hydrogen) atoms. The van der Waals surface area contributed by atoms with Crippen molar-refractivity contribution in [3.05, 3.63) is 29.3 Å². The second-order valence-electron chi connectivity index (χ2n) is 5.17. The molecular weight excluding hydrogens is 260 g/mol. The normalized spacial score (nSPS) is 20.4. The molecule has 1 saturated heterocycles. The summed E-state index contributed by atoms with van der Waals surface area (Å²) in [6, 6.07) is 7.63. The highest BCUT2D eigenvalue weighted by Crippen LogP contribution is 2.23. The van der Waals surface area contributed by atoms with E-state index >= 15 is 0 Å². The Labute approximate surface area is 120 Å². The van der Waals surface area contributed by atoms with Crippen LogP contribution in [0.15, 0.2) is 24.3 Å². The van der Waals surface area contributed by atoms with Crippen LogP contribution in [-0.4, -0.2) is 37.7 Å². The fourth-order valence-corrected chi connectivity index (χ4v) is 2.86. The van der Waals surface area contributed by atoms with E-state index in [2.05, 4.69) is 4.90 Å². The summed E-state index contributed by atoms with van der Waals surface area (Å²) >= 11 is 6.06. The van der Waals surface area contributed by atoms with Crippen LogP contribution in [0.25, 0.3) is 0 Å². The SMILES string of the molecule is NCCC1CCCN(CCOc2ccccc2Cl)C1. The van der Waals surface area contributed by atoms with Crippen LogP contribution in [0.3, 0.4) is 0 Å². The quantitative estimate of drug-likeness (QED) is 0.872. The van der Waals surface area contributed by atoms with Crippen LogP contribution in [-0.2, 0) is 0 Å². The van der Waals surface area contributed by atoms with Gasteiger partial charge in [-0.15, -0.1) is 0 Å². The summed E-state index contributed by atoms with van der Waals surface area (Å²) in [5, 5.41) is 0.683. The van der Waals surface area contributed by atoms with Gasteiger partial charge in [0, 0.05) is 13.1 Å². The zero-order chi connectivity index (χ0) is 13.5. The molecule has 0 spiro atoms. The molecule has 1 unspecified atom stereocenters. The van der Waals surface area contributed by atoms with Crippen LogP contribution < -0.4 is 10.5 Å². The summed E-state index contributed by atoms with van der Waals surface area (Å²) in [6.45, 7) is 4.79. The largest absolute Gasteiger partial charge is 0.491 e. The maximum atomic E-state index is 6.06. The first-order valence-corrected chi connectivity index (χ1v) is 7.47. The molecule has 0 aliphatic carbocycles. The van der Waals surface area contributed by atoms with Gasteiger partial charge in [-0.25, -0.2) is 0 Å². The van der Waals surface area contributed by atoms with Crippen molar-refractivity contribution in [1.29, 1.82) is 0 Å². The number of halogens is 1. The van der Waals surface area contributed by atoms with E-state index in [0.717, 1.165) is 37.7 Å². The lowest BCUT2D eigenvalue weighted by Crippen LogP contribution is -2.38. The average Bonchev–Trinajstić information content (AvgIpc) is 2.42. The van der Waals surface area contributed by atoms with E-state index in [9.17, 15) is 0 Å². The van der Waals surface area contributed by atoms with Crippen molar-refractivity contribution < 1.29 is 4.74 Å². The van der Waals surface area contributed by atoms with Gasteiger partial charge < -0.3 is 10.5 Å². The monoisotopic (exact) mass is 282 g/mol. The van der Waals surface area contributed by atoms with Gasteiger partial charge in [-0.2, -0.15) is 0 Å². The third-order valence-electron chi connectivity index (χ3n) is 3.68. The molecule has 3 nitrogen and oxygen atoms in total. The third-order valence-corrected chi connectivity index (χ3v) is 3.99. The molecule has 0 aromatic heterocycles. The van der Waals surface area contributed by atoms with Crippen molar-refractivity contribution in [1.82, 2.24) is 4.90 Å². The highest BCUT2D eigenvalue weighted by atomic mass is 35.5. The van der Waals surface area contributed by atoms with Crippen LogP contribution in [0.1, 0.15) is 19.3 Å². The van der Waals surface area contributed by atoms with E-state index in [0.29, 0.717) is 11.6 Å². The number of rotatable bonds is 6. The lowest BCUT2D eigenvalue weighted by molar-refractivity contribution is 0.144. The summed E-state index contributed by atoms with van der Waals surface area (Å²) < 4.78 is 5.74. The molecule has 1 aliphatic rings. The Kier molecular flexibility index (Phi) is 5.95. The predicted octanol–water partition coefficient (Wildman–Crippen LogP) is 2.78. The molecule has 0 saturated carbocycles. The van der Waals surface area contributed by atoms with Crippen LogP contribution in [0.4, 0.5) is 0 Å². The number of hydrogen-bond acceptors (Lipinski definition) is 3. The van der Waals surface area contributed by atoms with E-state index < -0.39 is 0 Å². The Bertz CT molecular complexity index is 384. The molecule has 2 rings (SSSR count). The van der Waals surface area contributed by atoms with Crippen molar-refractivity contribution in [2.24, 2.45) is 11.7 Å². The Hall–Kier alpha value is -0.770. The number of para-hydroxylation sites is 1. The molecule has 0 radical (unpaired) electrons. The molecule has 1 heterocycles. The zero-order valence-electron chi connectivity index (χ0n) is 11.4. The van der Waals surface area contributed by atoms with E-state index in [-0.39, 0.29) is 0 Å². The Balaban J connectivity index is 1.72. The van der Waals surface area contributed by atoms with Crippen molar-refractivity contribution in [3.8, 4) is 5.75 Å². The second kappa shape index (κ2) is 7.73. The standard InChI is InChI=1S/C15H23ClN2O/c16-14-5-1-2-6-15(14)19-11-10-18-9-3-4-13(12-18)7-8-17/h1-2,5-6,13H,3-4,7-12,17H2. The van der Waals surface area contributed by atoms with Gasteiger partial charge >= 0.3 is 0 Å². The fourth-order valence-electron chi connectivity index (χ4n) is 2.67. The number of hydrogen-bond donors (Lipinski definition) is 1. The number of benzene rings is 1. The number of nitrogens with zero attached hydrogens (tertiary/aromatic N) is 1. The van der Waals surface area contributed by atoms with Gasteiger partial charge in [-0.1, -0.05) is 23.7 Å². The molecule has 4 heteroatoms.